The van der Waals surface area contributed by atoms with Crippen LogP contribution in [0.1, 0.15) is 34.3 Å². The molecule has 4 rings (SSSR count). The van der Waals surface area contributed by atoms with Gasteiger partial charge < -0.3 is 10.6 Å². The molecule has 1 aliphatic rings. The first-order valence-electron chi connectivity index (χ1n) is 8.77. The highest BCUT2D eigenvalue weighted by molar-refractivity contribution is 8.01. The fraction of sp³-hybridized carbons (Fsp3) is 0.200. The van der Waals surface area contributed by atoms with Crippen LogP contribution in [-0.4, -0.2) is 27.6 Å². The number of benzene rings is 2. The number of carbonyl (C=O) groups excluding carboxylic acids is 2. The van der Waals surface area contributed by atoms with Crippen LogP contribution < -0.4 is 10.6 Å². The number of carbonyl (C=O) groups is 2. The summed E-state index contributed by atoms with van der Waals surface area (Å²) in [6.45, 7) is 3.88. The van der Waals surface area contributed by atoms with Gasteiger partial charge in [0, 0.05) is 16.9 Å². The predicted molar refractivity (Wildman–Crippen MR) is 113 cm³/mol. The standard InChI is InChI=1S/C20H18N4O2S2/c1-11-3-6-14(7-4-11)21-19-23-24-20(28-19)27-10-17(25)13-5-8-16-15(9-13)12(2)18(26)22-16/h3-9,12H,10H2,1-2H3,(H,21,23)(H,22,26)/t12-/m0/s1. The van der Waals surface area contributed by atoms with Crippen LogP contribution in [0.25, 0.3) is 0 Å². The summed E-state index contributed by atoms with van der Waals surface area (Å²) >= 11 is 2.78. The third kappa shape index (κ3) is 3.93. The van der Waals surface area contributed by atoms with Gasteiger partial charge in [-0.15, -0.1) is 10.2 Å². The molecule has 0 unspecified atom stereocenters. The minimum atomic E-state index is -0.228. The maximum atomic E-state index is 12.6. The molecular formula is C20H18N4O2S2. The summed E-state index contributed by atoms with van der Waals surface area (Å²) in [4.78, 5) is 24.3. The summed E-state index contributed by atoms with van der Waals surface area (Å²) < 4.78 is 0.731. The van der Waals surface area contributed by atoms with Gasteiger partial charge >= 0.3 is 0 Å². The van der Waals surface area contributed by atoms with Crippen LogP contribution in [0.3, 0.4) is 0 Å². The number of nitrogens with one attached hydrogen (secondary N) is 2. The Labute approximate surface area is 170 Å². The maximum absolute atomic E-state index is 12.6. The summed E-state index contributed by atoms with van der Waals surface area (Å²) in [5, 5.41) is 15.0. The Balaban J connectivity index is 1.37. The van der Waals surface area contributed by atoms with Gasteiger partial charge in [-0.05, 0) is 49.7 Å². The maximum Gasteiger partial charge on any atom is 0.231 e. The number of hydrogen-bond donors (Lipinski definition) is 2. The van der Waals surface area contributed by atoms with E-state index in [9.17, 15) is 9.59 Å². The number of aryl methyl sites for hydroxylation is 1. The minimum absolute atomic E-state index is 0.00240. The Kier molecular flexibility index (Phi) is 5.15. The highest BCUT2D eigenvalue weighted by Crippen LogP contribution is 2.33. The van der Waals surface area contributed by atoms with Gasteiger partial charge in [0.15, 0.2) is 10.1 Å². The zero-order valence-corrected chi connectivity index (χ0v) is 17.0. The molecule has 28 heavy (non-hydrogen) atoms. The number of amides is 1. The Morgan fingerprint density at radius 2 is 2.00 bits per heavy atom. The molecule has 2 heterocycles. The second-order valence-electron chi connectivity index (χ2n) is 6.59. The fourth-order valence-electron chi connectivity index (χ4n) is 2.88. The summed E-state index contributed by atoms with van der Waals surface area (Å²) in [5.74, 6) is 0.0151. The minimum Gasteiger partial charge on any atom is -0.330 e. The molecule has 142 valence electrons. The fourth-order valence-corrected chi connectivity index (χ4v) is 4.55. The molecule has 1 atom stereocenters. The summed E-state index contributed by atoms with van der Waals surface area (Å²) in [7, 11) is 0. The van der Waals surface area contributed by atoms with Gasteiger partial charge in [0.05, 0.1) is 11.7 Å². The van der Waals surface area contributed by atoms with Crippen LogP contribution in [0.2, 0.25) is 0 Å². The lowest BCUT2D eigenvalue weighted by Crippen LogP contribution is -2.08. The van der Waals surface area contributed by atoms with Crippen molar-refractivity contribution in [2.24, 2.45) is 0 Å². The third-order valence-electron chi connectivity index (χ3n) is 4.53. The highest BCUT2D eigenvalue weighted by atomic mass is 32.2. The van der Waals surface area contributed by atoms with E-state index < -0.39 is 0 Å². The normalized spacial score (nSPS) is 15.2. The first-order chi connectivity index (χ1) is 13.5. The van der Waals surface area contributed by atoms with Gasteiger partial charge in [0.25, 0.3) is 0 Å². The lowest BCUT2D eigenvalue weighted by atomic mass is 9.99. The molecule has 1 amide bonds. The van der Waals surface area contributed by atoms with Gasteiger partial charge in [-0.25, -0.2) is 0 Å². The number of nitrogens with zero attached hydrogens (tertiary/aromatic N) is 2. The molecule has 0 aliphatic carbocycles. The number of thioether (sulfide) groups is 1. The second-order valence-corrected chi connectivity index (χ2v) is 8.79. The zero-order valence-electron chi connectivity index (χ0n) is 15.4. The van der Waals surface area contributed by atoms with E-state index in [1.54, 1.807) is 12.1 Å². The molecule has 1 aromatic heterocycles. The highest BCUT2D eigenvalue weighted by Gasteiger charge is 2.27. The lowest BCUT2D eigenvalue weighted by molar-refractivity contribution is -0.116. The predicted octanol–water partition coefficient (Wildman–Crippen LogP) is 4.62. The van der Waals surface area contributed by atoms with Crippen molar-refractivity contribution in [3.63, 3.8) is 0 Å². The molecule has 1 aliphatic heterocycles. The second kappa shape index (κ2) is 7.73. The molecule has 0 saturated heterocycles. The van der Waals surface area contributed by atoms with E-state index in [1.807, 2.05) is 44.2 Å². The topological polar surface area (TPSA) is 84.0 Å². The van der Waals surface area contributed by atoms with Crippen molar-refractivity contribution in [2.45, 2.75) is 24.1 Å². The molecule has 0 fully saturated rings. The third-order valence-corrected chi connectivity index (χ3v) is 6.50. The Hall–Kier alpha value is -2.71. The van der Waals surface area contributed by atoms with E-state index in [1.165, 1.54) is 28.7 Å². The Bertz CT molecular complexity index is 1050. The monoisotopic (exact) mass is 410 g/mol. The lowest BCUT2D eigenvalue weighted by Gasteiger charge is -2.05. The van der Waals surface area contributed by atoms with Crippen LogP contribution in [-0.2, 0) is 4.79 Å². The van der Waals surface area contributed by atoms with Gasteiger partial charge in [0.2, 0.25) is 11.0 Å². The van der Waals surface area contributed by atoms with E-state index in [2.05, 4.69) is 20.8 Å². The number of hydrogen-bond acceptors (Lipinski definition) is 7. The number of fused-ring (bicyclic) bond motifs is 1. The molecule has 3 aromatic rings. The van der Waals surface area contributed by atoms with Crippen molar-refractivity contribution in [2.75, 3.05) is 16.4 Å². The van der Waals surface area contributed by atoms with E-state index >= 15 is 0 Å². The first kappa shape index (κ1) is 18.6. The van der Waals surface area contributed by atoms with E-state index in [4.69, 9.17) is 0 Å². The van der Waals surface area contributed by atoms with E-state index in [-0.39, 0.29) is 23.4 Å². The van der Waals surface area contributed by atoms with Gasteiger partial charge in [-0.3, -0.25) is 9.59 Å². The van der Waals surface area contributed by atoms with Crippen molar-refractivity contribution in [1.82, 2.24) is 10.2 Å². The van der Waals surface area contributed by atoms with Gasteiger partial charge in [-0.1, -0.05) is 40.8 Å². The van der Waals surface area contributed by atoms with Crippen LogP contribution >= 0.6 is 23.1 Å². The molecule has 2 aromatic carbocycles. The zero-order chi connectivity index (χ0) is 19.7. The molecule has 0 saturated carbocycles. The number of ketones is 1. The average Bonchev–Trinajstić information content (AvgIpc) is 3.25. The van der Waals surface area contributed by atoms with Crippen LogP contribution in [0, 0.1) is 6.92 Å². The number of rotatable bonds is 6. The van der Waals surface area contributed by atoms with Crippen molar-refractivity contribution in [3.8, 4) is 0 Å². The molecule has 0 radical (unpaired) electrons. The Morgan fingerprint density at radius 1 is 1.21 bits per heavy atom. The summed E-state index contributed by atoms with van der Waals surface area (Å²) in [6, 6.07) is 13.4. The van der Waals surface area contributed by atoms with Gasteiger partial charge in [-0.2, -0.15) is 0 Å². The molecular weight excluding hydrogens is 392 g/mol. The molecule has 2 N–H and O–H groups in total. The number of aromatic nitrogens is 2. The van der Waals surface area contributed by atoms with Crippen LogP contribution in [0.5, 0.6) is 0 Å². The Morgan fingerprint density at radius 3 is 2.79 bits per heavy atom. The van der Waals surface area contributed by atoms with Gasteiger partial charge in [0.1, 0.15) is 0 Å². The van der Waals surface area contributed by atoms with Crippen molar-refractivity contribution >= 4 is 51.3 Å². The molecule has 0 bridgehead atoms. The van der Waals surface area contributed by atoms with Crippen molar-refractivity contribution < 1.29 is 9.59 Å². The van der Waals surface area contributed by atoms with Crippen LogP contribution in [0.4, 0.5) is 16.5 Å². The number of Topliss-reactive ketones (excluding diaryl/α,β-unsaturated/α-hetero) is 1. The van der Waals surface area contributed by atoms with E-state index in [0.717, 1.165) is 21.3 Å². The average molecular weight is 411 g/mol. The summed E-state index contributed by atoms with van der Waals surface area (Å²) in [5.41, 5.74) is 4.42. The number of anilines is 3. The molecule has 6 nitrogen and oxygen atoms in total. The molecule has 0 spiro atoms. The SMILES string of the molecule is Cc1ccc(Nc2nnc(SCC(=O)c3ccc4c(c3)[C@H](C)C(=O)N4)s2)cc1. The van der Waals surface area contributed by atoms with E-state index in [0.29, 0.717) is 10.7 Å². The smallest absolute Gasteiger partial charge is 0.231 e. The van der Waals surface area contributed by atoms with Crippen LogP contribution in [0.15, 0.2) is 46.8 Å². The van der Waals surface area contributed by atoms with Crippen molar-refractivity contribution in [1.29, 1.82) is 0 Å². The largest absolute Gasteiger partial charge is 0.330 e. The molecule has 8 heteroatoms. The van der Waals surface area contributed by atoms with Crippen molar-refractivity contribution in [3.05, 3.63) is 59.2 Å². The first-order valence-corrected chi connectivity index (χ1v) is 10.6. The quantitative estimate of drug-likeness (QED) is 0.456. The summed E-state index contributed by atoms with van der Waals surface area (Å²) in [6.07, 6.45) is 0.